The Morgan fingerprint density at radius 2 is 1.71 bits per heavy atom. The third kappa shape index (κ3) is 4.58. The summed E-state index contributed by atoms with van der Waals surface area (Å²) < 4.78 is 4.92. The van der Waals surface area contributed by atoms with Crippen molar-refractivity contribution in [2.24, 2.45) is 5.10 Å². The number of hydrogen-bond donors (Lipinski definition) is 1. The Labute approximate surface area is 122 Å². The first kappa shape index (κ1) is 14.5. The van der Waals surface area contributed by atoms with Crippen molar-refractivity contribution in [2.45, 2.75) is 6.92 Å². The number of hydrogen-bond acceptors (Lipinski definition) is 4. The summed E-state index contributed by atoms with van der Waals surface area (Å²) in [5.74, 6) is -0.178. The summed E-state index contributed by atoms with van der Waals surface area (Å²) in [7, 11) is 0. The van der Waals surface area contributed by atoms with Gasteiger partial charge >= 0.3 is 5.97 Å². The van der Waals surface area contributed by atoms with Crippen LogP contribution in [0.2, 0.25) is 0 Å². The molecule has 0 atom stereocenters. The number of rotatable bonds is 4. The highest BCUT2D eigenvalue weighted by Gasteiger charge is 2.01. The highest BCUT2D eigenvalue weighted by molar-refractivity contribution is 5.94. The zero-order chi connectivity index (χ0) is 15.1. The average molecular weight is 282 g/mol. The van der Waals surface area contributed by atoms with E-state index >= 15 is 0 Å². The van der Waals surface area contributed by atoms with Crippen LogP contribution in [0.1, 0.15) is 22.8 Å². The first-order valence-corrected chi connectivity index (χ1v) is 6.32. The summed E-state index contributed by atoms with van der Waals surface area (Å²) in [6, 6.07) is 15.6. The lowest BCUT2D eigenvalue weighted by Crippen LogP contribution is -2.17. The maximum atomic E-state index is 11.7. The Balaban J connectivity index is 1.92. The number of amides is 1. The lowest BCUT2D eigenvalue weighted by atomic mass is 10.2. The first-order chi connectivity index (χ1) is 10.1. The molecule has 0 aliphatic rings. The normalized spacial score (nSPS) is 10.3. The van der Waals surface area contributed by atoms with Gasteiger partial charge in [-0.05, 0) is 42.0 Å². The summed E-state index contributed by atoms with van der Waals surface area (Å²) in [5.41, 5.74) is 3.76. The second kappa shape index (κ2) is 7.00. The summed E-state index contributed by atoms with van der Waals surface area (Å²) >= 11 is 0. The second-order valence-corrected chi connectivity index (χ2v) is 4.23. The van der Waals surface area contributed by atoms with E-state index in [-0.39, 0.29) is 11.9 Å². The second-order valence-electron chi connectivity index (χ2n) is 4.23. The molecule has 0 unspecified atom stereocenters. The van der Waals surface area contributed by atoms with E-state index in [1.54, 1.807) is 48.5 Å². The number of nitrogens with one attached hydrogen (secondary N) is 1. The van der Waals surface area contributed by atoms with Crippen LogP contribution < -0.4 is 10.2 Å². The lowest BCUT2D eigenvalue weighted by molar-refractivity contribution is -0.131. The molecule has 0 aliphatic heterocycles. The van der Waals surface area contributed by atoms with Gasteiger partial charge in [0.15, 0.2) is 0 Å². The van der Waals surface area contributed by atoms with Gasteiger partial charge in [-0.15, -0.1) is 0 Å². The van der Waals surface area contributed by atoms with E-state index in [9.17, 15) is 9.59 Å². The van der Waals surface area contributed by atoms with E-state index in [1.165, 1.54) is 13.1 Å². The van der Waals surface area contributed by atoms with Crippen LogP contribution in [-0.2, 0) is 4.79 Å². The Morgan fingerprint density at radius 3 is 2.33 bits per heavy atom. The zero-order valence-corrected chi connectivity index (χ0v) is 11.4. The fourth-order valence-corrected chi connectivity index (χ4v) is 1.61. The van der Waals surface area contributed by atoms with Crippen LogP contribution in [0.25, 0.3) is 0 Å². The Hall–Kier alpha value is -2.95. The van der Waals surface area contributed by atoms with Crippen molar-refractivity contribution in [1.82, 2.24) is 5.43 Å². The van der Waals surface area contributed by atoms with E-state index in [0.717, 1.165) is 5.56 Å². The molecule has 106 valence electrons. The Kier molecular flexibility index (Phi) is 4.82. The van der Waals surface area contributed by atoms with Crippen LogP contribution in [0.5, 0.6) is 5.75 Å². The molecule has 0 aliphatic carbocycles. The molecule has 1 amide bonds. The Morgan fingerprint density at radius 1 is 1.05 bits per heavy atom. The summed E-state index contributed by atoms with van der Waals surface area (Å²) in [4.78, 5) is 22.5. The molecule has 0 bridgehead atoms. The minimum atomic E-state index is -0.369. The van der Waals surface area contributed by atoms with Crippen LogP contribution in [0, 0.1) is 0 Å². The van der Waals surface area contributed by atoms with Crippen molar-refractivity contribution < 1.29 is 14.3 Å². The number of benzene rings is 2. The van der Waals surface area contributed by atoms with Gasteiger partial charge < -0.3 is 4.74 Å². The summed E-state index contributed by atoms with van der Waals surface area (Å²) in [6.07, 6.45) is 1.51. The molecule has 2 aromatic carbocycles. The third-order valence-corrected chi connectivity index (χ3v) is 2.56. The van der Waals surface area contributed by atoms with E-state index < -0.39 is 0 Å². The minimum Gasteiger partial charge on any atom is -0.427 e. The van der Waals surface area contributed by atoms with Gasteiger partial charge in [0, 0.05) is 12.5 Å². The maximum Gasteiger partial charge on any atom is 0.308 e. The van der Waals surface area contributed by atoms with Crippen molar-refractivity contribution in [1.29, 1.82) is 0 Å². The van der Waals surface area contributed by atoms with Gasteiger partial charge in [0.25, 0.3) is 5.91 Å². The zero-order valence-electron chi connectivity index (χ0n) is 11.4. The molecule has 21 heavy (non-hydrogen) atoms. The fraction of sp³-hybridized carbons (Fsp3) is 0.0625. The van der Waals surface area contributed by atoms with Crippen LogP contribution in [0.4, 0.5) is 0 Å². The molecular formula is C16H14N2O3. The van der Waals surface area contributed by atoms with E-state index in [1.807, 2.05) is 6.07 Å². The van der Waals surface area contributed by atoms with E-state index in [4.69, 9.17) is 4.74 Å². The standard InChI is InChI=1S/C16H14N2O3/c1-12(19)21-15-9-7-13(8-10-15)11-17-18-16(20)14-5-3-2-4-6-14/h2-11H,1H3,(H,18,20)/b17-11-. The molecule has 0 saturated carbocycles. The molecule has 0 heterocycles. The Bertz CT molecular complexity index is 649. The molecular weight excluding hydrogens is 268 g/mol. The molecule has 2 aromatic rings. The van der Waals surface area contributed by atoms with Crippen LogP contribution >= 0.6 is 0 Å². The topological polar surface area (TPSA) is 67.8 Å². The van der Waals surface area contributed by atoms with Gasteiger partial charge in [-0.1, -0.05) is 18.2 Å². The monoisotopic (exact) mass is 282 g/mol. The minimum absolute atomic E-state index is 0.275. The van der Waals surface area contributed by atoms with Gasteiger partial charge in [0.1, 0.15) is 5.75 Å². The molecule has 5 nitrogen and oxygen atoms in total. The van der Waals surface area contributed by atoms with Gasteiger partial charge in [-0.2, -0.15) is 5.10 Å². The predicted molar refractivity (Wildman–Crippen MR) is 79.3 cm³/mol. The van der Waals surface area contributed by atoms with Crippen molar-refractivity contribution in [3.63, 3.8) is 0 Å². The van der Waals surface area contributed by atoms with E-state index in [0.29, 0.717) is 11.3 Å². The molecule has 0 radical (unpaired) electrons. The van der Waals surface area contributed by atoms with Gasteiger partial charge in [-0.3, -0.25) is 9.59 Å². The predicted octanol–water partition coefficient (Wildman–Crippen LogP) is 2.38. The fourth-order valence-electron chi connectivity index (χ4n) is 1.61. The SMILES string of the molecule is CC(=O)Oc1ccc(/C=N\NC(=O)c2ccccc2)cc1. The molecule has 0 aromatic heterocycles. The number of ether oxygens (including phenoxy) is 1. The summed E-state index contributed by atoms with van der Waals surface area (Å²) in [5, 5.41) is 3.88. The van der Waals surface area contributed by atoms with Crippen molar-refractivity contribution in [3.8, 4) is 5.75 Å². The lowest BCUT2D eigenvalue weighted by Gasteiger charge is -2.01. The van der Waals surface area contributed by atoms with Crippen LogP contribution in [0.15, 0.2) is 59.7 Å². The molecule has 0 fully saturated rings. The first-order valence-electron chi connectivity index (χ1n) is 6.32. The van der Waals surface area contributed by atoms with Crippen molar-refractivity contribution in [3.05, 3.63) is 65.7 Å². The number of esters is 1. The van der Waals surface area contributed by atoms with Gasteiger partial charge in [-0.25, -0.2) is 5.43 Å². The third-order valence-electron chi connectivity index (χ3n) is 2.56. The van der Waals surface area contributed by atoms with Crippen molar-refractivity contribution >= 4 is 18.1 Å². The number of nitrogens with zero attached hydrogens (tertiary/aromatic N) is 1. The van der Waals surface area contributed by atoms with E-state index in [2.05, 4.69) is 10.5 Å². The molecule has 0 spiro atoms. The van der Waals surface area contributed by atoms with Crippen LogP contribution in [-0.4, -0.2) is 18.1 Å². The highest BCUT2D eigenvalue weighted by Crippen LogP contribution is 2.11. The molecule has 2 rings (SSSR count). The quantitative estimate of drug-likeness (QED) is 0.405. The van der Waals surface area contributed by atoms with Gasteiger partial charge in [0.2, 0.25) is 0 Å². The van der Waals surface area contributed by atoms with Crippen molar-refractivity contribution in [2.75, 3.05) is 0 Å². The van der Waals surface area contributed by atoms with Crippen LogP contribution in [0.3, 0.4) is 0 Å². The number of carbonyl (C=O) groups is 2. The highest BCUT2D eigenvalue weighted by atomic mass is 16.5. The smallest absolute Gasteiger partial charge is 0.308 e. The largest absolute Gasteiger partial charge is 0.427 e. The molecule has 5 heteroatoms. The average Bonchev–Trinajstić information content (AvgIpc) is 2.49. The molecule has 0 saturated heterocycles. The number of hydrazone groups is 1. The maximum absolute atomic E-state index is 11.7. The number of carbonyl (C=O) groups excluding carboxylic acids is 2. The van der Waals surface area contributed by atoms with Gasteiger partial charge in [0.05, 0.1) is 6.21 Å². The summed E-state index contributed by atoms with van der Waals surface area (Å²) in [6.45, 7) is 1.34. The molecule has 1 N–H and O–H groups in total.